The zero-order chi connectivity index (χ0) is 21.3. The summed E-state index contributed by atoms with van der Waals surface area (Å²) < 4.78 is 13.1. The van der Waals surface area contributed by atoms with Gasteiger partial charge in [-0.2, -0.15) is 0 Å². The van der Waals surface area contributed by atoms with E-state index in [9.17, 15) is 9.59 Å². The summed E-state index contributed by atoms with van der Waals surface area (Å²) >= 11 is 6.28. The van der Waals surface area contributed by atoms with Crippen molar-refractivity contribution in [2.45, 2.75) is 56.5 Å². The Morgan fingerprint density at radius 2 is 2.07 bits per heavy atom. The minimum Gasteiger partial charge on any atom is -0.495 e. The summed E-state index contributed by atoms with van der Waals surface area (Å²) in [4.78, 5) is 30.4. The summed E-state index contributed by atoms with van der Waals surface area (Å²) in [5.41, 5.74) is 0.284. The molecule has 6 nitrogen and oxygen atoms in total. The summed E-state index contributed by atoms with van der Waals surface area (Å²) in [6, 6.07) is 5.69. The highest BCUT2D eigenvalue weighted by Gasteiger charge is 2.52. The second-order valence-electron chi connectivity index (χ2n) is 8.41. The van der Waals surface area contributed by atoms with E-state index in [1.54, 1.807) is 31.1 Å². The lowest BCUT2D eigenvalue weighted by atomic mass is 9.74. The number of ketones is 1. The predicted molar refractivity (Wildman–Crippen MR) is 113 cm³/mol. The van der Waals surface area contributed by atoms with Crippen molar-refractivity contribution in [1.82, 2.24) is 9.55 Å². The Bertz CT molecular complexity index is 930. The normalized spacial score (nSPS) is 24.8. The molecule has 0 bridgehead atoms. The standard InChI is InChI=1S/C23H27ClN2O4/c1-26-12-11-25-21(26)20-18(27)14-23(30-22(20)28,16-5-3-4-6-16)10-9-15-7-8-19(29-2)17(24)13-15/h7-8,11-13,16,20H,3-6,9-10,14H2,1-2H3. The molecule has 1 aromatic carbocycles. The van der Waals surface area contributed by atoms with Crippen LogP contribution < -0.4 is 4.74 Å². The maximum Gasteiger partial charge on any atom is 0.324 e. The van der Waals surface area contributed by atoms with E-state index >= 15 is 0 Å². The molecule has 0 spiro atoms. The van der Waals surface area contributed by atoms with E-state index in [1.165, 1.54) is 0 Å². The number of hydrogen-bond acceptors (Lipinski definition) is 5. The molecule has 4 rings (SSSR count). The summed E-state index contributed by atoms with van der Waals surface area (Å²) in [5, 5.41) is 0.552. The van der Waals surface area contributed by atoms with Crippen LogP contribution in [0, 0.1) is 5.92 Å². The van der Waals surface area contributed by atoms with Gasteiger partial charge in [-0.15, -0.1) is 0 Å². The van der Waals surface area contributed by atoms with E-state index in [0.717, 1.165) is 31.2 Å². The van der Waals surface area contributed by atoms with Gasteiger partial charge in [0.05, 0.1) is 12.1 Å². The van der Waals surface area contributed by atoms with Gasteiger partial charge in [-0.05, 0) is 49.3 Å². The first-order chi connectivity index (χ1) is 14.4. The molecule has 2 fully saturated rings. The van der Waals surface area contributed by atoms with E-state index in [-0.39, 0.29) is 18.1 Å². The number of esters is 1. The summed E-state index contributed by atoms with van der Waals surface area (Å²) in [7, 11) is 3.37. The smallest absolute Gasteiger partial charge is 0.324 e. The number of hydrogen-bond donors (Lipinski definition) is 0. The van der Waals surface area contributed by atoms with Gasteiger partial charge in [0.1, 0.15) is 17.2 Å². The third-order valence-electron chi connectivity index (χ3n) is 6.60. The summed E-state index contributed by atoms with van der Waals surface area (Å²) in [6.07, 6.45) is 9.03. The van der Waals surface area contributed by atoms with Gasteiger partial charge in [0, 0.05) is 25.9 Å². The van der Waals surface area contributed by atoms with Crippen LogP contribution in [-0.2, 0) is 27.8 Å². The molecule has 7 heteroatoms. The third kappa shape index (κ3) is 3.85. The molecule has 0 N–H and O–H groups in total. The first-order valence-electron chi connectivity index (χ1n) is 10.5. The average Bonchev–Trinajstić information content (AvgIpc) is 3.39. The van der Waals surface area contributed by atoms with E-state index in [4.69, 9.17) is 21.1 Å². The Balaban J connectivity index is 1.58. The Morgan fingerprint density at radius 3 is 2.67 bits per heavy atom. The first kappa shape index (κ1) is 20.9. The van der Waals surface area contributed by atoms with Crippen molar-refractivity contribution in [3.05, 3.63) is 47.0 Å². The van der Waals surface area contributed by atoms with Crippen LogP contribution in [0.5, 0.6) is 5.75 Å². The number of carbonyl (C=O) groups is 2. The molecule has 2 aliphatic rings. The fraction of sp³-hybridized carbons (Fsp3) is 0.522. The number of Topliss-reactive ketones (excluding diaryl/α,β-unsaturated/α-hetero) is 1. The highest BCUT2D eigenvalue weighted by Crippen LogP contribution is 2.46. The lowest BCUT2D eigenvalue weighted by Crippen LogP contribution is -2.51. The molecule has 1 aromatic heterocycles. The monoisotopic (exact) mass is 430 g/mol. The minimum absolute atomic E-state index is 0.0970. The molecule has 160 valence electrons. The number of carbonyl (C=O) groups excluding carboxylic acids is 2. The van der Waals surface area contributed by atoms with Crippen LogP contribution in [0.4, 0.5) is 0 Å². The van der Waals surface area contributed by atoms with Gasteiger partial charge < -0.3 is 14.0 Å². The van der Waals surface area contributed by atoms with E-state index in [2.05, 4.69) is 4.98 Å². The summed E-state index contributed by atoms with van der Waals surface area (Å²) in [5.74, 6) is -0.216. The van der Waals surface area contributed by atoms with Gasteiger partial charge in [0.15, 0.2) is 11.7 Å². The number of halogens is 1. The molecule has 2 aromatic rings. The zero-order valence-corrected chi connectivity index (χ0v) is 18.2. The van der Waals surface area contributed by atoms with Crippen LogP contribution in [0.15, 0.2) is 30.6 Å². The number of benzene rings is 1. The number of aromatic nitrogens is 2. The Hall–Kier alpha value is -2.34. The number of methoxy groups -OCH3 is 1. The highest BCUT2D eigenvalue weighted by molar-refractivity contribution is 6.32. The third-order valence-corrected chi connectivity index (χ3v) is 6.90. The lowest BCUT2D eigenvalue weighted by Gasteiger charge is -2.43. The highest BCUT2D eigenvalue weighted by atomic mass is 35.5. The van der Waals surface area contributed by atoms with Gasteiger partial charge >= 0.3 is 5.97 Å². The van der Waals surface area contributed by atoms with Crippen molar-refractivity contribution in [1.29, 1.82) is 0 Å². The molecular weight excluding hydrogens is 404 g/mol. The molecule has 1 saturated carbocycles. The second-order valence-corrected chi connectivity index (χ2v) is 8.82. The van der Waals surface area contributed by atoms with Crippen LogP contribution in [-0.4, -0.2) is 34.0 Å². The fourth-order valence-electron chi connectivity index (χ4n) is 4.97. The first-order valence-corrected chi connectivity index (χ1v) is 10.9. The fourth-order valence-corrected chi connectivity index (χ4v) is 5.25. The predicted octanol–water partition coefficient (Wildman–Crippen LogP) is 4.24. The molecule has 2 unspecified atom stereocenters. The molecule has 0 amide bonds. The van der Waals surface area contributed by atoms with E-state index in [1.807, 2.05) is 18.2 Å². The topological polar surface area (TPSA) is 70.4 Å². The quantitative estimate of drug-likeness (QED) is 0.506. The number of imidazole rings is 1. The van der Waals surface area contributed by atoms with Gasteiger partial charge in [0.2, 0.25) is 0 Å². The van der Waals surface area contributed by atoms with Crippen molar-refractivity contribution >= 4 is 23.4 Å². The summed E-state index contributed by atoms with van der Waals surface area (Å²) in [6.45, 7) is 0. The van der Waals surface area contributed by atoms with Gasteiger partial charge in [-0.3, -0.25) is 9.59 Å². The maximum atomic E-state index is 13.2. The van der Waals surface area contributed by atoms with Crippen molar-refractivity contribution in [2.75, 3.05) is 7.11 Å². The second kappa shape index (κ2) is 8.42. The van der Waals surface area contributed by atoms with E-state index in [0.29, 0.717) is 29.4 Å². The van der Waals surface area contributed by atoms with Crippen LogP contribution in [0.3, 0.4) is 0 Å². The number of aryl methyl sites for hydroxylation is 2. The molecule has 2 heterocycles. The van der Waals surface area contributed by atoms with Crippen molar-refractivity contribution in [2.24, 2.45) is 13.0 Å². The van der Waals surface area contributed by atoms with Crippen LogP contribution in [0.25, 0.3) is 0 Å². The van der Waals surface area contributed by atoms with Crippen molar-refractivity contribution in [3.63, 3.8) is 0 Å². The molecular formula is C23H27ClN2O4. The van der Waals surface area contributed by atoms with Crippen LogP contribution in [0.2, 0.25) is 5.02 Å². The molecule has 1 saturated heterocycles. The van der Waals surface area contributed by atoms with Crippen LogP contribution in [0.1, 0.15) is 55.8 Å². The Kier molecular flexibility index (Phi) is 5.87. The van der Waals surface area contributed by atoms with Gasteiger partial charge in [-0.1, -0.05) is 30.5 Å². The average molecular weight is 431 g/mol. The molecule has 0 radical (unpaired) electrons. The number of cyclic esters (lactones) is 1. The van der Waals surface area contributed by atoms with Gasteiger partial charge in [-0.25, -0.2) is 4.98 Å². The minimum atomic E-state index is -0.935. The molecule has 1 aliphatic heterocycles. The Morgan fingerprint density at radius 1 is 1.30 bits per heavy atom. The van der Waals surface area contributed by atoms with E-state index < -0.39 is 17.5 Å². The lowest BCUT2D eigenvalue weighted by molar-refractivity contribution is -0.181. The Labute approximate surface area is 181 Å². The zero-order valence-electron chi connectivity index (χ0n) is 17.4. The number of rotatable bonds is 6. The molecule has 2 atom stereocenters. The maximum absolute atomic E-state index is 13.2. The molecule has 30 heavy (non-hydrogen) atoms. The van der Waals surface area contributed by atoms with Crippen LogP contribution >= 0.6 is 11.6 Å². The molecule has 1 aliphatic carbocycles. The van der Waals surface area contributed by atoms with Crippen molar-refractivity contribution in [3.8, 4) is 5.75 Å². The number of nitrogens with zero attached hydrogens (tertiary/aromatic N) is 2. The number of ether oxygens (including phenoxy) is 2. The largest absolute Gasteiger partial charge is 0.495 e. The SMILES string of the molecule is COc1ccc(CCC2(C3CCCC3)CC(=O)C(c3nccn3C)C(=O)O2)cc1Cl. The van der Waals surface area contributed by atoms with Gasteiger partial charge in [0.25, 0.3) is 0 Å². The van der Waals surface area contributed by atoms with Crippen molar-refractivity contribution < 1.29 is 19.1 Å².